The first-order valence-corrected chi connectivity index (χ1v) is 9.45. The van der Waals surface area contributed by atoms with Crippen molar-refractivity contribution in [1.82, 2.24) is 9.97 Å². The average Bonchev–Trinajstić information content (AvgIpc) is 2.69. The number of ether oxygens (including phenoxy) is 2. The van der Waals surface area contributed by atoms with Gasteiger partial charge in [0.05, 0.1) is 7.11 Å². The summed E-state index contributed by atoms with van der Waals surface area (Å²) in [6, 6.07) is 7.21. The smallest absolute Gasteiger partial charge is 0.423 e. The first kappa shape index (κ1) is 20.2. The predicted molar refractivity (Wildman–Crippen MR) is 100 cm³/mol. The molecule has 1 heterocycles. The molecule has 1 fully saturated rings. The molecule has 1 saturated carbocycles. The second kappa shape index (κ2) is 8.67. The Morgan fingerprint density at radius 1 is 1.18 bits per heavy atom. The SMILES string of the molecule is CCN(c1cccc(OC)c1)c1ncc(C(F)(F)F)c(OC2CCCCC2)n1. The minimum absolute atomic E-state index is 0.162. The number of nitrogens with zero attached hydrogens (tertiary/aromatic N) is 3. The van der Waals surface area contributed by atoms with Gasteiger partial charge >= 0.3 is 6.18 Å². The van der Waals surface area contributed by atoms with Crippen molar-refractivity contribution in [3.63, 3.8) is 0 Å². The highest BCUT2D eigenvalue weighted by Gasteiger charge is 2.37. The van der Waals surface area contributed by atoms with Gasteiger partial charge in [-0.05, 0) is 44.7 Å². The van der Waals surface area contributed by atoms with Crippen LogP contribution in [-0.2, 0) is 6.18 Å². The molecule has 0 amide bonds. The summed E-state index contributed by atoms with van der Waals surface area (Å²) in [4.78, 5) is 9.86. The second-order valence-electron chi connectivity index (χ2n) is 6.71. The number of alkyl halides is 3. The van der Waals surface area contributed by atoms with Gasteiger partial charge < -0.3 is 14.4 Å². The monoisotopic (exact) mass is 395 g/mol. The summed E-state index contributed by atoms with van der Waals surface area (Å²) in [5.41, 5.74) is -0.214. The summed E-state index contributed by atoms with van der Waals surface area (Å²) in [5, 5.41) is 0. The van der Waals surface area contributed by atoms with Crippen molar-refractivity contribution in [2.45, 2.75) is 51.3 Å². The fourth-order valence-electron chi connectivity index (χ4n) is 3.33. The van der Waals surface area contributed by atoms with Crippen molar-refractivity contribution in [2.75, 3.05) is 18.6 Å². The number of anilines is 2. The minimum atomic E-state index is -4.57. The Kier molecular flexibility index (Phi) is 6.26. The Hall–Kier alpha value is -2.51. The van der Waals surface area contributed by atoms with Crippen LogP contribution in [0.5, 0.6) is 11.6 Å². The average molecular weight is 395 g/mol. The zero-order valence-electron chi connectivity index (χ0n) is 16.0. The molecule has 5 nitrogen and oxygen atoms in total. The van der Waals surface area contributed by atoms with E-state index in [9.17, 15) is 13.2 Å². The lowest BCUT2D eigenvalue weighted by molar-refractivity contribution is -0.140. The summed E-state index contributed by atoms with van der Waals surface area (Å²) in [5.74, 6) is 0.404. The summed E-state index contributed by atoms with van der Waals surface area (Å²) < 4.78 is 51.3. The maximum Gasteiger partial charge on any atom is 0.423 e. The predicted octanol–water partition coefficient (Wildman–Crippen LogP) is 5.37. The van der Waals surface area contributed by atoms with Crippen LogP contribution in [-0.4, -0.2) is 29.7 Å². The van der Waals surface area contributed by atoms with E-state index in [1.165, 1.54) is 0 Å². The number of hydrogen-bond acceptors (Lipinski definition) is 5. The minimum Gasteiger partial charge on any atom is -0.497 e. The van der Waals surface area contributed by atoms with Gasteiger partial charge in [0.1, 0.15) is 17.4 Å². The number of methoxy groups -OCH3 is 1. The first-order chi connectivity index (χ1) is 13.4. The van der Waals surface area contributed by atoms with Crippen LogP contribution in [0.1, 0.15) is 44.6 Å². The van der Waals surface area contributed by atoms with Crippen LogP contribution in [0.15, 0.2) is 30.5 Å². The van der Waals surface area contributed by atoms with Crippen LogP contribution < -0.4 is 14.4 Å². The maximum absolute atomic E-state index is 13.4. The summed E-state index contributed by atoms with van der Waals surface area (Å²) in [6.45, 7) is 2.35. The van der Waals surface area contributed by atoms with E-state index in [0.717, 1.165) is 44.0 Å². The zero-order valence-corrected chi connectivity index (χ0v) is 16.0. The van der Waals surface area contributed by atoms with Crippen molar-refractivity contribution < 1.29 is 22.6 Å². The molecule has 152 valence electrons. The van der Waals surface area contributed by atoms with Gasteiger partial charge in [-0.1, -0.05) is 12.5 Å². The molecule has 1 aliphatic rings. The maximum atomic E-state index is 13.4. The van der Waals surface area contributed by atoms with Gasteiger partial charge in [0.15, 0.2) is 0 Å². The molecule has 0 atom stereocenters. The van der Waals surface area contributed by atoms with Crippen LogP contribution in [0.4, 0.5) is 24.8 Å². The Balaban J connectivity index is 1.96. The number of hydrogen-bond donors (Lipinski definition) is 0. The highest BCUT2D eigenvalue weighted by atomic mass is 19.4. The van der Waals surface area contributed by atoms with Crippen molar-refractivity contribution in [2.24, 2.45) is 0 Å². The molecule has 0 saturated heterocycles. The zero-order chi connectivity index (χ0) is 20.1. The molecule has 1 aromatic heterocycles. The van der Waals surface area contributed by atoms with Gasteiger partial charge in [0, 0.05) is 24.5 Å². The molecule has 2 aromatic rings. The van der Waals surface area contributed by atoms with Gasteiger partial charge in [-0.3, -0.25) is 0 Å². The largest absolute Gasteiger partial charge is 0.497 e. The van der Waals surface area contributed by atoms with Crippen molar-refractivity contribution in [3.8, 4) is 11.6 Å². The van der Waals surface area contributed by atoms with Crippen LogP contribution in [0.2, 0.25) is 0 Å². The van der Waals surface area contributed by atoms with E-state index in [2.05, 4.69) is 9.97 Å². The third-order valence-electron chi connectivity index (χ3n) is 4.80. The highest BCUT2D eigenvalue weighted by molar-refractivity contribution is 5.59. The molecule has 0 aliphatic heterocycles. The normalized spacial score (nSPS) is 15.3. The van der Waals surface area contributed by atoms with E-state index in [1.54, 1.807) is 30.2 Å². The van der Waals surface area contributed by atoms with E-state index < -0.39 is 17.6 Å². The van der Waals surface area contributed by atoms with Crippen LogP contribution in [0.3, 0.4) is 0 Å². The summed E-state index contributed by atoms with van der Waals surface area (Å²) in [6.07, 6.45) is 0.460. The Morgan fingerprint density at radius 3 is 2.57 bits per heavy atom. The molecular weight excluding hydrogens is 371 g/mol. The molecule has 0 spiro atoms. The van der Waals surface area contributed by atoms with Gasteiger partial charge in [-0.15, -0.1) is 0 Å². The molecule has 0 N–H and O–H groups in total. The Bertz CT molecular complexity index is 793. The van der Waals surface area contributed by atoms with E-state index in [1.807, 2.05) is 13.0 Å². The van der Waals surface area contributed by atoms with E-state index in [-0.39, 0.29) is 12.1 Å². The van der Waals surface area contributed by atoms with Crippen LogP contribution >= 0.6 is 0 Å². The van der Waals surface area contributed by atoms with Crippen molar-refractivity contribution in [3.05, 3.63) is 36.0 Å². The molecule has 0 bridgehead atoms. The van der Waals surface area contributed by atoms with Crippen molar-refractivity contribution >= 4 is 11.6 Å². The molecule has 1 aliphatic carbocycles. The lowest BCUT2D eigenvalue weighted by Gasteiger charge is -2.26. The fourth-order valence-corrected chi connectivity index (χ4v) is 3.33. The van der Waals surface area contributed by atoms with Gasteiger partial charge in [0.2, 0.25) is 11.8 Å². The number of rotatable bonds is 6. The number of benzene rings is 1. The summed E-state index contributed by atoms with van der Waals surface area (Å²) in [7, 11) is 1.56. The van der Waals surface area contributed by atoms with Gasteiger partial charge in [0.25, 0.3) is 0 Å². The molecule has 1 aromatic carbocycles. The van der Waals surface area contributed by atoms with E-state index >= 15 is 0 Å². The second-order valence-corrected chi connectivity index (χ2v) is 6.71. The number of aromatic nitrogens is 2. The van der Waals surface area contributed by atoms with Crippen LogP contribution in [0.25, 0.3) is 0 Å². The quantitative estimate of drug-likeness (QED) is 0.658. The van der Waals surface area contributed by atoms with Crippen LogP contribution in [0, 0.1) is 0 Å². The molecule has 0 unspecified atom stereocenters. The van der Waals surface area contributed by atoms with Crippen molar-refractivity contribution in [1.29, 1.82) is 0 Å². The Morgan fingerprint density at radius 2 is 1.93 bits per heavy atom. The Labute approximate surface area is 162 Å². The molecule has 28 heavy (non-hydrogen) atoms. The van der Waals surface area contributed by atoms with Gasteiger partial charge in [-0.25, -0.2) is 4.98 Å². The highest BCUT2D eigenvalue weighted by Crippen LogP contribution is 2.37. The lowest BCUT2D eigenvalue weighted by Crippen LogP contribution is -2.24. The fraction of sp³-hybridized carbons (Fsp3) is 0.500. The van der Waals surface area contributed by atoms with Gasteiger partial charge in [-0.2, -0.15) is 18.2 Å². The topological polar surface area (TPSA) is 47.5 Å². The molecule has 8 heteroatoms. The lowest BCUT2D eigenvalue weighted by atomic mass is 9.98. The van der Waals surface area contributed by atoms with E-state index in [0.29, 0.717) is 12.3 Å². The summed E-state index contributed by atoms with van der Waals surface area (Å²) >= 11 is 0. The van der Waals surface area contributed by atoms with E-state index in [4.69, 9.17) is 9.47 Å². The molecular formula is C20H24F3N3O2. The third-order valence-corrected chi connectivity index (χ3v) is 4.80. The first-order valence-electron chi connectivity index (χ1n) is 9.45. The molecule has 0 radical (unpaired) electrons. The third kappa shape index (κ3) is 4.66. The standard InChI is InChI=1S/C20H24F3N3O2/c1-3-26(14-8-7-11-16(12-14)27-2)19-24-13-17(20(21,22)23)18(25-19)28-15-9-5-4-6-10-15/h7-8,11-13,15H,3-6,9-10H2,1-2H3. The number of halogens is 3. The molecule has 3 rings (SSSR count).